The van der Waals surface area contributed by atoms with Gasteiger partial charge in [-0.15, -0.1) is 0 Å². The number of nitrogens with zero attached hydrogens (tertiary/aromatic N) is 4. The normalized spacial score (nSPS) is 13.5. The SMILES string of the molecule is Cc1nc(-c2ccc3ccnc(NCCN4Cc5ccc(C(=O)O)cc5C4)c3c2)no1. The van der Waals surface area contributed by atoms with Crippen molar-refractivity contribution in [3.8, 4) is 11.4 Å². The standard InChI is InChI=1S/C23H21N5O3/c1-14-26-21(27-31-14)16-3-2-15-6-7-24-22(20(15)11-16)25-8-9-28-12-18-5-4-17(23(29)30)10-19(18)13-28/h2-7,10-11H,8-9,12-13H2,1H3,(H,24,25)(H,29,30). The smallest absolute Gasteiger partial charge is 0.335 e. The Bertz CT molecular complexity index is 1280. The molecule has 4 aromatic rings. The first-order chi connectivity index (χ1) is 15.1. The lowest BCUT2D eigenvalue weighted by atomic mass is 10.1. The Morgan fingerprint density at radius 1 is 1.16 bits per heavy atom. The van der Waals surface area contributed by atoms with Crippen LogP contribution in [0, 0.1) is 6.92 Å². The molecule has 1 aliphatic heterocycles. The molecule has 0 unspecified atom stereocenters. The van der Waals surface area contributed by atoms with E-state index in [1.807, 2.05) is 30.3 Å². The van der Waals surface area contributed by atoms with Gasteiger partial charge in [0.2, 0.25) is 11.7 Å². The predicted molar refractivity (Wildman–Crippen MR) is 116 cm³/mol. The number of anilines is 1. The van der Waals surface area contributed by atoms with Gasteiger partial charge < -0.3 is 14.9 Å². The molecule has 8 nitrogen and oxygen atoms in total. The molecule has 0 bridgehead atoms. The Balaban J connectivity index is 1.28. The molecule has 0 atom stereocenters. The lowest BCUT2D eigenvalue weighted by Crippen LogP contribution is -2.24. The molecule has 0 fully saturated rings. The van der Waals surface area contributed by atoms with E-state index in [2.05, 4.69) is 25.3 Å². The van der Waals surface area contributed by atoms with E-state index in [0.717, 1.165) is 53.9 Å². The number of carbonyl (C=O) groups is 1. The highest BCUT2D eigenvalue weighted by Gasteiger charge is 2.20. The van der Waals surface area contributed by atoms with Crippen molar-refractivity contribution in [3.05, 3.63) is 71.2 Å². The maximum Gasteiger partial charge on any atom is 0.335 e. The number of benzene rings is 2. The lowest BCUT2D eigenvalue weighted by molar-refractivity contribution is 0.0696. The molecule has 0 amide bonds. The maximum atomic E-state index is 11.2. The average Bonchev–Trinajstić information content (AvgIpc) is 3.38. The van der Waals surface area contributed by atoms with Gasteiger partial charge in [0.25, 0.3) is 0 Å². The van der Waals surface area contributed by atoms with Crippen LogP contribution in [0.25, 0.3) is 22.2 Å². The third kappa shape index (κ3) is 3.85. The molecule has 2 N–H and O–H groups in total. The Labute approximate surface area is 178 Å². The van der Waals surface area contributed by atoms with Crippen molar-refractivity contribution in [2.75, 3.05) is 18.4 Å². The number of rotatable bonds is 6. The monoisotopic (exact) mass is 415 g/mol. The molecule has 31 heavy (non-hydrogen) atoms. The molecule has 1 aliphatic rings. The van der Waals surface area contributed by atoms with Crippen molar-refractivity contribution in [2.24, 2.45) is 0 Å². The van der Waals surface area contributed by atoms with Crippen LogP contribution in [-0.4, -0.2) is 44.2 Å². The van der Waals surface area contributed by atoms with Crippen molar-refractivity contribution < 1.29 is 14.4 Å². The number of hydrogen-bond donors (Lipinski definition) is 2. The Morgan fingerprint density at radius 3 is 2.84 bits per heavy atom. The predicted octanol–water partition coefficient (Wildman–Crippen LogP) is 3.72. The van der Waals surface area contributed by atoms with E-state index in [0.29, 0.717) is 17.3 Å². The molecule has 0 saturated carbocycles. The van der Waals surface area contributed by atoms with Gasteiger partial charge in [0, 0.05) is 50.2 Å². The molecule has 156 valence electrons. The van der Waals surface area contributed by atoms with Crippen LogP contribution in [0.5, 0.6) is 0 Å². The van der Waals surface area contributed by atoms with Gasteiger partial charge in [0.1, 0.15) is 5.82 Å². The van der Waals surface area contributed by atoms with Crippen molar-refractivity contribution in [2.45, 2.75) is 20.0 Å². The highest BCUT2D eigenvalue weighted by atomic mass is 16.5. The van der Waals surface area contributed by atoms with Gasteiger partial charge in [0.05, 0.1) is 5.56 Å². The first-order valence-corrected chi connectivity index (χ1v) is 10.1. The summed E-state index contributed by atoms with van der Waals surface area (Å²) in [6, 6.07) is 13.4. The minimum absolute atomic E-state index is 0.339. The fourth-order valence-corrected chi connectivity index (χ4v) is 3.95. The summed E-state index contributed by atoms with van der Waals surface area (Å²) in [4.78, 5) is 22.3. The number of hydrogen-bond acceptors (Lipinski definition) is 7. The van der Waals surface area contributed by atoms with E-state index in [4.69, 9.17) is 4.52 Å². The number of aryl methyl sites for hydroxylation is 1. The number of aromatic carboxylic acids is 1. The number of aromatic nitrogens is 3. The molecule has 5 rings (SSSR count). The van der Waals surface area contributed by atoms with E-state index in [1.54, 1.807) is 25.3 Å². The fourth-order valence-electron chi connectivity index (χ4n) is 3.95. The van der Waals surface area contributed by atoms with Gasteiger partial charge in [-0.2, -0.15) is 4.98 Å². The Morgan fingerprint density at radius 2 is 2.03 bits per heavy atom. The summed E-state index contributed by atoms with van der Waals surface area (Å²) >= 11 is 0. The molecule has 3 heterocycles. The van der Waals surface area contributed by atoms with E-state index in [1.165, 1.54) is 5.56 Å². The molecular formula is C23H21N5O3. The minimum atomic E-state index is -0.889. The lowest BCUT2D eigenvalue weighted by Gasteiger charge is -2.16. The first-order valence-electron chi connectivity index (χ1n) is 10.1. The molecule has 2 aromatic carbocycles. The van der Waals surface area contributed by atoms with Crippen molar-refractivity contribution in [1.29, 1.82) is 0 Å². The molecule has 0 spiro atoms. The van der Waals surface area contributed by atoms with E-state index in [-0.39, 0.29) is 0 Å². The molecule has 8 heteroatoms. The van der Waals surface area contributed by atoms with Crippen LogP contribution in [0.3, 0.4) is 0 Å². The second-order valence-electron chi connectivity index (χ2n) is 7.66. The van der Waals surface area contributed by atoms with Crippen LogP contribution in [-0.2, 0) is 13.1 Å². The third-order valence-electron chi connectivity index (χ3n) is 5.51. The fraction of sp³-hybridized carbons (Fsp3) is 0.217. The largest absolute Gasteiger partial charge is 0.478 e. The molecule has 0 aliphatic carbocycles. The van der Waals surface area contributed by atoms with Crippen LogP contribution in [0.4, 0.5) is 5.82 Å². The molecular weight excluding hydrogens is 394 g/mol. The number of carboxylic acid groups (broad SMARTS) is 1. The van der Waals surface area contributed by atoms with Crippen LogP contribution in [0.1, 0.15) is 27.4 Å². The number of pyridine rings is 1. The summed E-state index contributed by atoms with van der Waals surface area (Å²) in [5.41, 5.74) is 3.49. The summed E-state index contributed by atoms with van der Waals surface area (Å²) < 4.78 is 5.10. The zero-order chi connectivity index (χ0) is 21.4. The average molecular weight is 415 g/mol. The summed E-state index contributed by atoms with van der Waals surface area (Å²) in [5, 5.41) is 18.7. The zero-order valence-corrected chi connectivity index (χ0v) is 17.0. The van der Waals surface area contributed by atoms with Crippen LogP contribution >= 0.6 is 0 Å². The third-order valence-corrected chi connectivity index (χ3v) is 5.51. The van der Waals surface area contributed by atoms with Gasteiger partial charge in [-0.1, -0.05) is 23.4 Å². The van der Waals surface area contributed by atoms with E-state index >= 15 is 0 Å². The first kappa shape index (κ1) is 19.2. The molecule has 0 saturated heterocycles. The zero-order valence-electron chi connectivity index (χ0n) is 17.0. The summed E-state index contributed by atoms with van der Waals surface area (Å²) in [5.74, 6) is 1.01. The van der Waals surface area contributed by atoms with Crippen molar-refractivity contribution >= 4 is 22.6 Å². The van der Waals surface area contributed by atoms with Gasteiger partial charge in [0.15, 0.2) is 0 Å². The van der Waals surface area contributed by atoms with Gasteiger partial charge >= 0.3 is 5.97 Å². The number of fused-ring (bicyclic) bond motifs is 2. The van der Waals surface area contributed by atoms with Gasteiger partial charge in [-0.25, -0.2) is 9.78 Å². The highest BCUT2D eigenvalue weighted by Crippen LogP contribution is 2.27. The number of carboxylic acids is 1. The number of nitrogens with one attached hydrogen (secondary N) is 1. The van der Waals surface area contributed by atoms with Gasteiger partial charge in [-0.05, 0) is 40.8 Å². The van der Waals surface area contributed by atoms with Crippen molar-refractivity contribution in [3.63, 3.8) is 0 Å². The van der Waals surface area contributed by atoms with Gasteiger partial charge in [-0.3, -0.25) is 4.90 Å². The van der Waals surface area contributed by atoms with Crippen LogP contribution in [0.15, 0.2) is 53.2 Å². The summed E-state index contributed by atoms with van der Waals surface area (Å²) in [6.45, 7) is 4.88. The maximum absolute atomic E-state index is 11.2. The summed E-state index contributed by atoms with van der Waals surface area (Å²) in [6.07, 6.45) is 1.79. The minimum Gasteiger partial charge on any atom is -0.478 e. The Hall–Kier alpha value is -3.78. The van der Waals surface area contributed by atoms with E-state index in [9.17, 15) is 9.90 Å². The molecule has 0 radical (unpaired) electrons. The van der Waals surface area contributed by atoms with Crippen LogP contribution < -0.4 is 5.32 Å². The van der Waals surface area contributed by atoms with E-state index < -0.39 is 5.97 Å². The second kappa shape index (κ2) is 7.81. The van der Waals surface area contributed by atoms with Crippen molar-refractivity contribution in [1.82, 2.24) is 20.0 Å². The molecule has 2 aromatic heterocycles. The Kier molecular flexibility index (Phi) is 4.83. The summed E-state index contributed by atoms with van der Waals surface area (Å²) in [7, 11) is 0. The topological polar surface area (TPSA) is 104 Å². The second-order valence-corrected chi connectivity index (χ2v) is 7.66. The van der Waals surface area contributed by atoms with Crippen LogP contribution in [0.2, 0.25) is 0 Å². The highest BCUT2D eigenvalue weighted by molar-refractivity contribution is 5.94. The quantitative estimate of drug-likeness (QED) is 0.491.